The number of rotatable bonds is 39. The number of phosphoric acid groups is 2. The zero-order chi connectivity index (χ0) is 74.7. The van der Waals surface area contributed by atoms with Crippen LogP contribution in [0.2, 0.25) is 0 Å². The van der Waals surface area contributed by atoms with Crippen LogP contribution in [0.5, 0.6) is 0 Å². The molecule has 18 unspecified atom stereocenters. The second-order valence-electron chi connectivity index (χ2n) is 27.5. The highest BCUT2D eigenvalue weighted by Gasteiger charge is 2.50. The maximum absolute atomic E-state index is 14.6. The van der Waals surface area contributed by atoms with Crippen LogP contribution in [0.1, 0.15) is 107 Å². The predicted octanol–water partition coefficient (Wildman–Crippen LogP) is -4.43. The Morgan fingerprint density at radius 2 is 0.980 bits per heavy atom. The molecular weight excluding hydrogens is 1390 g/mol. The highest BCUT2D eigenvalue weighted by molar-refractivity contribution is 7.47. The van der Waals surface area contributed by atoms with Crippen molar-refractivity contribution in [1.29, 1.82) is 0 Å². The van der Waals surface area contributed by atoms with E-state index in [2.05, 4.69) is 26.6 Å². The van der Waals surface area contributed by atoms with Gasteiger partial charge < -0.3 is 120 Å². The number of phosphoric ester groups is 2. The predicted molar refractivity (Wildman–Crippen MR) is 348 cm³/mol. The van der Waals surface area contributed by atoms with Crippen molar-refractivity contribution in [3.05, 3.63) is 12.3 Å². The van der Waals surface area contributed by atoms with Crippen molar-refractivity contribution in [1.82, 2.24) is 41.3 Å². The lowest BCUT2D eigenvalue weighted by atomic mass is 9.80. The first-order valence-corrected chi connectivity index (χ1v) is 37.0. The van der Waals surface area contributed by atoms with Gasteiger partial charge in [0.2, 0.25) is 35.4 Å². The van der Waals surface area contributed by atoms with E-state index in [1.54, 1.807) is 19.9 Å². The van der Waals surface area contributed by atoms with Crippen LogP contribution in [0.25, 0.3) is 0 Å². The largest absolute Gasteiger partial charge is 0.499 e. The Morgan fingerprint density at radius 3 is 1.41 bits per heavy atom. The summed E-state index contributed by atoms with van der Waals surface area (Å²) in [7, 11) is -10.1. The molecule has 6 fully saturated rings. The second kappa shape index (κ2) is 40.0. The number of ether oxygens (including phenoxy) is 7. The summed E-state index contributed by atoms with van der Waals surface area (Å²) in [6.07, 6.45) is -15.2. The smallest absolute Gasteiger partial charge is 0.472 e. The molecule has 6 rings (SSSR count). The number of nitrogens with one attached hydrogen (secondary N) is 5. The molecule has 582 valence electrons. The van der Waals surface area contributed by atoms with E-state index in [1.807, 2.05) is 20.8 Å². The first-order chi connectivity index (χ1) is 47.6. The van der Waals surface area contributed by atoms with Crippen LogP contribution in [0.15, 0.2) is 12.3 Å². The van der Waals surface area contributed by atoms with E-state index in [-0.39, 0.29) is 103 Å². The van der Waals surface area contributed by atoms with Gasteiger partial charge in [-0.1, -0.05) is 34.6 Å². The summed E-state index contributed by atoms with van der Waals surface area (Å²) in [5.41, 5.74) is -0.830. The molecule has 40 heteroatoms. The van der Waals surface area contributed by atoms with E-state index in [1.165, 1.54) is 41.7 Å². The quantitative estimate of drug-likeness (QED) is 0.0120. The Hall–Kier alpha value is -4.10. The third kappa shape index (κ3) is 26.1. The van der Waals surface area contributed by atoms with Gasteiger partial charge in [-0.05, 0) is 55.4 Å². The molecule has 0 bridgehead atoms. The lowest BCUT2D eigenvalue weighted by Crippen LogP contribution is -2.64. The molecule has 0 saturated carbocycles. The summed E-state index contributed by atoms with van der Waals surface area (Å²) in [5.74, 6) is -3.15. The summed E-state index contributed by atoms with van der Waals surface area (Å²) < 4.78 is 90.4. The fraction of sp³-hybridized carbons (Fsp3) is 0.869. The van der Waals surface area contributed by atoms with Crippen molar-refractivity contribution in [3.8, 4) is 0 Å². The second-order valence-corrected chi connectivity index (χ2v) is 30.4. The molecule has 101 heavy (non-hydrogen) atoms. The van der Waals surface area contributed by atoms with Gasteiger partial charge in [-0.25, -0.2) is 9.13 Å². The van der Waals surface area contributed by atoms with Gasteiger partial charge in [-0.3, -0.25) is 57.5 Å². The van der Waals surface area contributed by atoms with E-state index in [0.717, 1.165) is 0 Å². The zero-order valence-electron chi connectivity index (χ0n) is 58.3. The summed E-state index contributed by atoms with van der Waals surface area (Å²) in [4.78, 5) is 105. The Balaban J connectivity index is 1.08. The van der Waals surface area contributed by atoms with Gasteiger partial charge in [0.15, 0.2) is 18.9 Å². The van der Waals surface area contributed by atoms with Crippen LogP contribution in [-0.4, -0.2) is 321 Å². The van der Waals surface area contributed by atoms with Gasteiger partial charge >= 0.3 is 15.6 Å². The minimum atomic E-state index is -5.08. The standard InChI is InChI=1S/C61H108N8O30P2/c1-33(2)13-17-89-28-39-18-41(22-68(39)47(77)12-15-63-32-92-60-51(66-37(6)75)57(84)54(81)45(26-72)97-60)98-101(87,88)94-30-40-19-42(23-69(40)48(78)21-61(7,8)20-34(3)27-90-58-49(64-35(4)73)55(82)52(79)43(24-70)95-58)99-100(85,86)93-29-38-10-9-16-67(38)46(76)11-14-62-31-91-59-50(65-36(5)74)56(83)53(80)44(25-71)96-59/h13,17,33-34,38-45,49-60,62-63,70-72,79-84H,9-12,14-16,18-32H2,1-8H3,(H,64,73)(H,65,74)(H,66,75)(H,85,86)(H,87,88)/t34?,38-,39-,40-,41+,42+,43?,44?,45?,49?,50?,51?,52?,53?,54?,55?,56?,57?,58?,59?,60?/m0/s1. The molecule has 0 aromatic rings. The highest BCUT2D eigenvalue weighted by atomic mass is 31.2. The van der Waals surface area contributed by atoms with E-state index >= 15 is 0 Å². The number of amides is 6. The summed E-state index contributed by atoms with van der Waals surface area (Å²) >= 11 is 0. The number of hydrogen-bond acceptors (Lipinski definition) is 30. The van der Waals surface area contributed by atoms with E-state index in [4.69, 9.17) is 51.3 Å². The van der Waals surface area contributed by atoms with Crippen molar-refractivity contribution in [2.75, 3.05) is 92.4 Å². The number of nitrogens with zero attached hydrogens (tertiary/aromatic N) is 3. The third-order valence-corrected chi connectivity index (χ3v) is 20.0. The Labute approximate surface area is 586 Å². The summed E-state index contributed by atoms with van der Waals surface area (Å²) in [6.45, 7) is 9.02. The lowest BCUT2D eigenvalue weighted by molar-refractivity contribution is -0.272. The molecule has 23 atom stereocenters. The number of aliphatic hydroxyl groups excluding tert-OH is 9. The van der Waals surface area contributed by atoms with Crippen LogP contribution in [0.4, 0.5) is 0 Å². The fourth-order valence-corrected chi connectivity index (χ4v) is 15.0. The average Bonchev–Trinajstić information content (AvgIpc) is 0.883. The molecule has 0 spiro atoms. The van der Waals surface area contributed by atoms with Crippen LogP contribution >= 0.6 is 15.6 Å². The third-order valence-electron chi connectivity index (χ3n) is 17.9. The molecule has 6 amide bonds. The van der Waals surface area contributed by atoms with Gasteiger partial charge in [0, 0.05) is 72.8 Å². The molecule has 0 aromatic heterocycles. The summed E-state index contributed by atoms with van der Waals surface area (Å²) in [5, 5.41) is 105. The lowest BCUT2D eigenvalue weighted by Gasteiger charge is -2.42. The van der Waals surface area contributed by atoms with Gasteiger partial charge in [-0.15, -0.1) is 0 Å². The van der Waals surface area contributed by atoms with Gasteiger partial charge in [0.05, 0.1) is 89.7 Å². The Morgan fingerprint density at radius 1 is 0.574 bits per heavy atom. The minimum Gasteiger partial charge on any atom is -0.499 e. The molecule has 0 aromatic carbocycles. The molecule has 6 aliphatic heterocycles. The number of likely N-dealkylation sites (tertiary alicyclic amines) is 3. The summed E-state index contributed by atoms with van der Waals surface area (Å²) in [6, 6.07) is -6.01. The Bertz CT molecular complexity index is 2790. The highest BCUT2D eigenvalue weighted by Crippen LogP contribution is 2.50. The molecule has 38 nitrogen and oxygen atoms in total. The normalized spacial score (nSPS) is 33.3. The number of carbonyl (C=O) groups excluding carboxylic acids is 6. The van der Waals surface area contributed by atoms with Crippen LogP contribution < -0.4 is 26.6 Å². The average molecular weight is 1500 g/mol. The maximum Gasteiger partial charge on any atom is 0.472 e. The minimum absolute atomic E-state index is 0.00898. The number of carbonyl (C=O) groups is 6. The van der Waals surface area contributed by atoms with Crippen LogP contribution in [0, 0.1) is 17.3 Å². The number of allylic oxidation sites excluding steroid dienone is 1. The van der Waals surface area contributed by atoms with Crippen LogP contribution in [0.3, 0.4) is 0 Å². The maximum atomic E-state index is 14.6. The van der Waals surface area contributed by atoms with Crippen molar-refractivity contribution in [2.24, 2.45) is 17.3 Å². The van der Waals surface area contributed by atoms with Crippen molar-refractivity contribution >= 4 is 51.1 Å². The Kier molecular flexibility index (Phi) is 34.0. The first-order valence-electron chi connectivity index (χ1n) is 34.0. The van der Waals surface area contributed by atoms with Crippen LogP contribution in [-0.2, 0) is 89.2 Å². The van der Waals surface area contributed by atoms with E-state index in [9.17, 15) is 93.6 Å². The van der Waals surface area contributed by atoms with E-state index < -0.39 is 206 Å². The molecule has 0 radical (unpaired) electrons. The SMILES string of the molecule is CC(=O)NC1C(OCNCCC(=O)N2CCC[C@H]2COP(=O)(O)O[C@@H]2C[C@@H](COP(=O)(O)O[C@@H]3C[C@@H](COC=CC(C)C)N(C(=O)CCNCOC4OC(CO)C(O)C(O)C4NC(C)=O)C3)N(C(=O)CC(C)(C)CC(C)COC3OC(CO)C(O)C(O)C3NC(C)=O)C2)OC(CO)C(O)C1O. The zero-order valence-corrected chi connectivity index (χ0v) is 60.1. The topological polar surface area (TPSA) is 530 Å². The van der Waals surface area contributed by atoms with E-state index in [0.29, 0.717) is 25.8 Å². The molecule has 16 N–H and O–H groups in total. The molecular formula is C61H108N8O30P2. The first kappa shape index (κ1) is 85.8. The van der Waals surface area contributed by atoms with Gasteiger partial charge in [0.1, 0.15) is 79.7 Å². The molecule has 6 heterocycles. The van der Waals surface area contributed by atoms with Crippen molar-refractivity contribution in [3.63, 3.8) is 0 Å². The van der Waals surface area contributed by atoms with Crippen molar-refractivity contribution in [2.45, 2.75) is 229 Å². The molecule has 6 aliphatic rings. The monoisotopic (exact) mass is 1490 g/mol. The molecule has 6 saturated heterocycles. The van der Waals surface area contributed by atoms with Crippen molar-refractivity contribution < 1.29 is 145 Å². The number of hydrogen-bond donors (Lipinski definition) is 16. The van der Waals surface area contributed by atoms with Gasteiger partial charge in [-0.2, -0.15) is 0 Å². The number of aliphatic hydroxyl groups is 9. The fourth-order valence-electron chi connectivity index (χ4n) is 13.1. The van der Waals surface area contributed by atoms with Gasteiger partial charge in [0.25, 0.3) is 0 Å². The molecule has 0 aliphatic carbocycles.